The highest BCUT2D eigenvalue weighted by Crippen LogP contribution is 2.09. The van der Waals surface area contributed by atoms with Gasteiger partial charge in [-0.2, -0.15) is 0 Å². The van der Waals surface area contributed by atoms with Gasteiger partial charge in [0.25, 0.3) is 0 Å². The summed E-state index contributed by atoms with van der Waals surface area (Å²) in [6, 6.07) is 3.37. The van der Waals surface area contributed by atoms with Gasteiger partial charge in [0.05, 0.1) is 5.71 Å². The third-order valence-corrected chi connectivity index (χ3v) is 2.21. The predicted molar refractivity (Wildman–Crippen MR) is 57.7 cm³/mol. The lowest BCUT2D eigenvalue weighted by Gasteiger charge is -2.03. The maximum atomic E-state index is 11.0. The number of Topliss-reactive ketones (excluding diaryl/α,β-unsaturated/α-hetero) is 1. The minimum atomic E-state index is -0.00684. The summed E-state index contributed by atoms with van der Waals surface area (Å²) in [7, 11) is 0. The minimum Gasteiger partial charge on any atom is -0.471 e. The normalized spacial score (nSPS) is 14.2. The van der Waals surface area contributed by atoms with Crippen molar-refractivity contribution < 1.29 is 14.4 Å². The SMILES string of the molecule is CC(=O)c1ccc(OCC2=NOCC2)nc1. The summed E-state index contributed by atoms with van der Waals surface area (Å²) in [4.78, 5) is 19.9. The van der Waals surface area contributed by atoms with E-state index in [-0.39, 0.29) is 5.78 Å². The van der Waals surface area contributed by atoms with Gasteiger partial charge < -0.3 is 9.57 Å². The number of carbonyl (C=O) groups excluding carboxylic acids is 1. The largest absolute Gasteiger partial charge is 0.471 e. The van der Waals surface area contributed by atoms with Crippen molar-refractivity contribution in [3.8, 4) is 5.88 Å². The van der Waals surface area contributed by atoms with Crippen LogP contribution in [-0.4, -0.2) is 29.7 Å². The maximum Gasteiger partial charge on any atom is 0.213 e. The van der Waals surface area contributed by atoms with E-state index < -0.39 is 0 Å². The van der Waals surface area contributed by atoms with Crippen molar-refractivity contribution in [1.82, 2.24) is 4.98 Å². The van der Waals surface area contributed by atoms with Gasteiger partial charge in [-0.3, -0.25) is 4.79 Å². The first-order chi connectivity index (χ1) is 7.75. The third-order valence-electron chi connectivity index (χ3n) is 2.21. The Morgan fingerprint density at radius 1 is 1.56 bits per heavy atom. The van der Waals surface area contributed by atoms with E-state index in [0.29, 0.717) is 24.7 Å². The first-order valence-corrected chi connectivity index (χ1v) is 5.03. The second-order valence-corrected chi connectivity index (χ2v) is 3.47. The van der Waals surface area contributed by atoms with Gasteiger partial charge >= 0.3 is 0 Å². The van der Waals surface area contributed by atoms with Gasteiger partial charge in [0.2, 0.25) is 5.88 Å². The number of ether oxygens (including phenoxy) is 1. The lowest BCUT2D eigenvalue weighted by Crippen LogP contribution is -2.10. The molecule has 0 unspecified atom stereocenters. The van der Waals surface area contributed by atoms with E-state index in [1.165, 1.54) is 13.1 Å². The Hall–Kier alpha value is -1.91. The highest BCUT2D eigenvalue weighted by Gasteiger charge is 2.09. The Balaban J connectivity index is 1.92. The first-order valence-electron chi connectivity index (χ1n) is 5.03. The lowest BCUT2D eigenvalue weighted by atomic mass is 10.2. The van der Waals surface area contributed by atoms with Crippen molar-refractivity contribution in [1.29, 1.82) is 0 Å². The van der Waals surface area contributed by atoms with Crippen LogP contribution in [0.15, 0.2) is 23.5 Å². The molecule has 0 aromatic carbocycles. The molecule has 0 bridgehead atoms. The molecule has 0 amide bonds. The molecule has 5 heteroatoms. The van der Waals surface area contributed by atoms with Gasteiger partial charge in [-0.05, 0) is 13.0 Å². The molecule has 2 heterocycles. The van der Waals surface area contributed by atoms with Crippen LogP contribution in [0.4, 0.5) is 0 Å². The highest BCUT2D eigenvalue weighted by atomic mass is 16.6. The summed E-state index contributed by atoms with van der Waals surface area (Å²) in [6.45, 7) is 2.50. The number of nitrogens with zero attached hydrogens (tertiary/aromatic N) is 2. The fourth-order valence-electron chi connectivity index (χ4n) is 1.28. The molecule has 0 saturated carbocycles. The van der Waals surface area contributed by atoms with Crippen molar-refractivity contribution in [2.75, 3.05) is 13.2 Å². The Kier molecular flexibility index (Phi) is 3.14. The van der Waals surface area contributed by atoms with Gasteiger partial charge in [0.15, 0.2) is 5.78 Å². The number of hydrogen-bond acceptors (Lipinski definition) is 5. The topological polar surface area (TPSA) is 60.8 Å². The predicted octanol–water partition coefficient (Wildman–Crippen LogP) is 1.44. The summed E-state index contributed by atoms with van der Waals surface area (Å²) >= 11 is 0. The van der Waals surface area contributed by atoms with E-state index in [2.05, 4.69) is 10.1 Å². The van der Waals surface area contributed by atoms with E-state index in [4.69, 9.17) is 9.57 Å². The molecule has 0 atom stereocenters. The van der Waals surface area contributed by atoms with Gasteiger partial charge in [-0.15, -0.1) is 0 Å². The zero-order valence-corrected chi connectivity index (χ0v) is 8.97. The number of oxime groups is 1. The van der Waals surface area contributed by atoms with Crippen LogP contribution in [0, 0.1) is 0 Å². The molecule has 0 aliphatic carbocycles. The minimum absolute atomic E-state index is 0.00684. The van der Waals surface area contributed by atoms with Gasteiger partial charge in [0, 0.05) is 24.2 Å². The van der Waals surface area contributed by atoms with E-state index in [9.17, 15) is 4.79 Å². The summed E-state index contributed by atoms with van der Waals surface area (Å²) in [5.74, 6) is 0.479. The fraction of sp³-hybridized carbons (Fsp3) is 0.364. The monoisotopic (exact) mass is 220 g/mol. The summed E-state index contributed by atoms with van der Waals surface area (Å²) in [5, 5.41) is 3.81. The molecular formula is C11H12N2O3. The van der Waals surface area contributed by atoms with Gasteiger partial charge in [-0.25, -0.2) is 4.98 Å². The van der Waals surface area contributed by atoms with Crippen LogP contribution in [0.5, 0.6) is 5.88 Å². The summed E-state index contributed by atoms with van der Waals surface area (Å²) in [6.07, 6.45) is 2.30. The molecule has 0 fully saturated rings. The lowest BCUT2D eigenvalue weighted by molar-refractivity contribution is 0.101. The van der Waals surface area contributed by atoms with Crippen LogP contribution in [0.25, 0.3) is 0 Å². The molecule has 84 valence electrons. The average Bonchev–Trinajstić information content (AvgIpc) is 2.80. The number of aromatic nitrogens is 1. The Labute approximate surface area is 93.1 Å². The average molecular weight is 220 g/mol. The number of ketones is 1. The van der Waals surface area contributed by atoms with Crippen molar-refractivity contribution in [3.63, 3.8) is 0 Å². The van der Waals surface area contributed by atoms with Crippen LogP contribution in [-0.2, 0) is 4.84 Å². The van der Waals surface area contributed by atoms with Gasteiger partial charge in [-0.1, -0.05) is 5.16 Å². The zero-order chi connectivity index (χ0) is 11.4. The molecule has 1 aromatic heterocycles. The fourth-order valence-corrected chi connectivity index (χ4v) is 1.28. The molecule has 5 nitrogen and oxygen atoms in total. The van der Waals surface area contributed by atoms with Crippen molar-refractivity contribution in [2.24, 2.45) is 5.16 Å². The molecule has 1 aliphatic rings. The third kappa shape index (κ3) is 2.56. The number of carbonyl (C=O) groups is 1. The van der Waals surface area contributed by atoms with E-state index in [0.717, 1.165) is 12.1 Å². The second kappa shape index (κ2) is 4.74. The van der Waals surface area contributed by atoms with E-state index >= 15 is 0 Å². The standard InChI is InChI=1S/C11H12N2O3/c1-8(14)9-2-3-11(12-6-9)15-7-10-4-5-16-13-10/h2-3,6H,4-5,7H2,1H3. The molecule has 1 aromatic rings. The number of hydrogen-bond donors (Lipinski definition) is 0. The second-order valence-electron chi connectivity index (χ2n) is 3.47. The van der Waals surface area contributed by atoms with Crippen LogP contribution >= 0.6 is 0 Å². The quantitative estimate of drug-likeness (QED) is 0.720. The molecule has 1 aliphatic heterocycles. The molecule has 0 spiro atoms. The zero-order valence-electron chi connectivity index (χ0n) is 8.97. The molecule has 16 heavy (non-hydrogen) atoms. The Bertz CT molecular complexity index is 412. The number of pyridine rings is 1. The van der Waals surface area contributed by atoms with Crippen molar-refractivity contribution >= 4 is 11.5 Å². The van der Waals surface area contributed by atoms with Crippen LogP contribution in [0.1, 0.15) is 23.7 Å². The Morgan fingerprint density at radius 3 is 3.00 bits per heavy atom. The molecular weight excluding hydrogens is 208 g/mol. The molecule has 0 radical (unpaired) electrons. The van der Waals surface area contributed by atoms with Gasteiger partial charge in [0.1, 0.15) is 13.2 Å². The Morgan fingerprint density at radius 2 is 2.44 bits per heavy atom. The van der Waals surface area contributed by atoms with Crippen molar-refractivity contribution in [2.45, 2.75) is 13.3 Å². The van der Waals surface area contributed by atoms with Crippen LogP contribution in [0.2, 0.25) is 0 Å². The summed E-state index contributed by atoms with van der Waals surface area (Å²) in [5.41, 5.74) is 1.45. The highest BCUT2D eigenvalue weighted by molar-refractivity contribution is 5.93. The number of rotatable bonds is 4. The van der Waals surface area contributed by atoms with E-state index in [1.54, 1.807) is 12.1 Å². The smallest absolute Gasteiger partial charge is 0.213 e. The molecule has 0 saturated heterocycles. The van der Waals surface area contributed by atoms with Crippen LogP contribution in [0.3, 0.4) is 0 Å². The molecule has 0 N–H and O–H groups in total. The van der Waals surface area contributed by atoms with E-state index in [1.807, 2.05) is 0 Å². The van der Waals surface area contributed by atoms with Crippen molar-refractivity contribution in [3.05, 3.63) is 23.9 Å². The summed E-state index contributed by atoms with van der Waals surface area (Å²) < 4.78 is 5.39. The molecule has 2 rings (SSSR count). The first kappa shape index (κ1) is 10.6. The van der Waals surface area contributed by atoms with Crippen LogP contribution < -0.4 is 4.74 Å². The maximum absolute atomic E-state index is 11.0.